The van der Waals surface area contributed by atoms with Crippen LogP contribution in [-0.4, -0.2) is 17.7 Å². The molecular weight excluding hydrogens is 464 g/mol. The largest absolute Gasteiger partial charge is 0.456 e. The summed E-state index contributed by atoms with van der Waals surface area (Å²) in [6, 6.07) is 37.9. The molecule has 0 unspecified atom stereocenters. The molecule has 0 fully saturated rings. The number of para-hydroxylation sites is 1. The van der Waals surface area contributed by atoms with E-state index in [9.17, 15) is 0 Å². The Morgan fingerprint density at radius 1 is 0.789 bits per heavy atom. The molecule has 0 aliphatic carbocycles. The second-order valence-corrected chi connectivity index (χ2v) is 9.68. The van der Waals surface area contributed by atoms with Crippen LogP contribution in [0.25, 0.3) is 22.4 Å². The van der Waals surface area contributed by atoms with Crippen LogP contribution in [0.1, 0.15) is 33.7 Å². The third kappa shape index (κ3) is 4.96. The molecule has 0 saturated heterocycles. The van der Waals surface area contributed by atoms with E-state index in [0.717, 1.165) is 34.6 Å². The number of aromatic nitrogens is 1. The molecule has 1 atom stereocenters. The van der Waals surface area contributed by atoms with Gasteiger partial charge in [0.2, 0.25) is 0 Å². The molecule has 2 heterocycles. The monoisotopic (exact) mass is 494 g/mol. The van der Waals surface area contributed by atoms with E-state index in [1.165, 1.54) is 27.6 Å². The predicted molar refractivity (Wildman–Crippen MR) is 158 cm³/mol. The normalized spacial score (nSPS) is 15.6. The quantitative estimate of drug-likeness (QED) is 0.227. The van der Waals surface area contributed by atoms with Crippen molar-refractivity contribution in [3.63, 3.8) is 0 Å². The van der Waals surface area contributed by atoms with Gasteiger partial charge in [-0.2, -0.15) is 0 Å². The number of hydrogen-bond donors (Lipinski definition) is 1. The highest BCUT2D eigenvalue weighted by molar-refractivity contribution is 5.95. The van der Waals surface area contributed by atoms with Crippen molar-refractivity contribution in [1.82, 2.24) is 4.98 Å². The van der Waals surface area contributed by atoms with Gasteiger partial charge < -0.3 is 9.72 Å². The van der Waals surface area contributed by atoms with Gasteiger partial charge in [-0.3, -0.25) is 4.99 Å². The van der Waals surface area contributed by atoms with Crippen LogP contribution < -0.4 is 0 Å². The van der Waals surface area contributed by atoms with Crippen molar-refractivity contribution in [2.24, 2.45) is 4.99 Å². The first-order valence-corrected chi connectivity index (χ1v) is 13.1. The Morgan fingerprint density at radius 2 is 1.47 bits per heavy atom. The van der Waals surface area contributed by atoms with Gasteiger partial charge in [0, 0.05) is 52.5 Å². The summed E-state index contributed by atoms with van der Waals surface area (Å²) in [4.78, 5) is 8.31. The zero-order valence-corrected chi connectivity index (χ0v) is 21.5. The van der Waals surface area contributed by atoms with Crippen LogP contribution >= 0.6 is 0 Å². The molecule has 1 aromatic heterocycles. The van der Waals surface area contributed by atoms with E-state index in [1.807, 2.05) is 30.5 Å². The first-order chi connectivity index (χ1) is 18.8. The number of aryl methyl sites for hydroxylation is 1. The highest BCUT2D eigenvalue weighted by atomic mass is 16.5. The molecule has 0 radical (unpaired) electrons. The Kier molecular flexibility index (Phi) is 6.73. The van der Waals surface area contributed by atoms with E-state index in [4.69, 9.17) is 9.73 Å². The molecule has 1 aliphatic heterocycles. The lowest BCUT2D eigenvalue weighted by Gasteiger charge is -2.27. The Morgan fingerprint density at radius 3 is 2.24 bits per heavy atom. The molecule has 0 bridgehead atoms. The Balaban J connectivity index is 1.39. The van der Waals surface area contributed by atoms with Crippen molar-refractivity contribution in [2.75, 3.05) is 6.54 Å². The summed E-state index contributed by atoms with van der Waals surface area (Å²) in [5.74, 6) is 1.74. The van der Waals surface area contributed by atoms with Crippen molar-refractivity contribution in [1.29, 1.82) is 0 Å². The molecule has 0 amide bonds. The van der Waals surface area contributed by atoms with Gasteiger partial charge in [0.25, 0.3) is 0 Å². The SMILES string of the molecule is Cc1ccc([C@@H]2C=C(c3ccccc3)OC(c3ccccc3)=C2C=NCCc2c[nH]c3ccccc23)cc1. The number of benzene rings is 4. The highest BCUT2D eigenvalue weighted by Crippen LogP contribution is 2.41. The minimum atomic E-state index is 0.0200. The maximum atomic E-state index is 6.65. The second kappa shape index (κ2) is 10.8. The average Bonchev–Trinajstić information content (AvgIpc) is 3.39. The summed E-state index contributed by atoms with van der Waals surface area (Å²) in [5, 5.41) is 1.26. The van der Waals surface area contributed by atoms with Crippen molar-refractivity contribution in [3.05, 3.63) is 155 Å². The van der Waals surface area contributed by atoms with Crippen LogP contribution in [0, 0.1) is 6.92 Å². The second-order valence-electron chi connectivity index (χ2n) is 9.68. The summed E-state index contributed by atoms with van der Waals surface area (Å²) in [5.41, 5.74) is 8.10. The molecule has 0 spiro atoms. The molecule has 3 heteroatoms. The van der Waals surface area contributed by atoms with E-state index in [2.05, 4.69) is 109 Å². The standard InChI is InChI=1S/C35H30N2O/c1-25-16-18-26(19-17-25)31-22-34(27-10-4-2-5-11-27)38-35(28-12-6-3-7-13-28)32(31)24-36-21-20-29-23-37-33-15-9-8-14-30(29)33/h2-19,22-24,31,37H,20-21H2,1H3/t31-/m0/s1. The number of aliphatic imine (C=N–C) groups is 1. The third-order valence-corrected chi connectivity index (χ3v) is 7.07. The molecule has 4 aromatic carbocycles. The first kappa shape index (κ1) is 23.7. The van der Waals surface area contributed by atoms with Gasteiger partial charge in [-0.1, -0.05) is 109 Å². The molecule has 38 heavy (non-hydrogen) atoms. The average molecular weight is 495 g/mol. The summed E-state index contributed by atoms with van der Waals surface area (Å²) >= 11 is 0. The molecule has 1 aliphatic rings. The number of nitrogens with zero attached hydrogens (tertiary/aromatic N) is 1. The van der Waals surface area contributed by atoms with Gasteiger partial charge in [-0.15, -0.1) is 0 Å². The zero-order chi connectivity index (χ0) is 25.7. The number of nitrogens with one attached hydrogen (secondary N) is 1. The number of ether oxygens (including phenoxy) is 1. The topological polar surface area (TPSA) is 37.4 Å². The number of hydrogen-bond acceptors (Lipinski definition) is 2. The molecule has 3 nitrogen and oxygen atoms in total. The van der Waals surface area contributed by atoms with Crippen LogP contribution in [0.4, 0.5) is 0 Å². The minimum Gasteiger partial charge on any atom is -0.456 e. The predicted octanol–water partition coefficient (Wildman–Crippen LogP) is 8.36. The Labute approximate surface area is 223 Å². The number of allylic oxidation sites excluding steroid dienone is 2. The minimum absolute atomic E-state index is 0.0200. The van der Waals surface area contributed by atoms with Gasteiger partial charge in [-0.05, 0) is 36.6 Å². The van der Waals surface area contributed by atoms with Crippen LogP contribution in [0.5, 0.6) is 0 Å². The first-order valence-electron chi connectivity index (χ1n) is 13.1. The van der Waals surface area contributed by atoms with E-state index in [1.54, 1.807) is 0 Å². The summed E-state index contributed by atoms with van der Waals surface area (Å²) < 4.78 is 6.65. The van der Waals surface area contributed by atoms with Gasteiger partial charge >= 0.3 is 0 Å². The number of fused-ring (bicyclic) bond motifs is 1. The van der Waals surface area contributed by atoms with Crippen molar-refractivity contribution in [2.45, 2.75) is 19.3 Å². The lowest BCUT2D eigenvalue weighted by Crippen LogP contribution is -2.13. The van der Waals surface area contributed by atoms with Crippen LogP contribution in [0.2, 0.25) is 0 Å². The van der Waals surface area contributed by atoms with Crippen molar-refractivity contribution in [3.8, 4) is 0 Å². The zero-order valence-electron chi connectivity index (χ0n) is 21.5. The van der Waals surface area contributed by atoms with E-state index in [0.29, 0.717) is 6.54 Å². The Hall–Kier alpha value is -4.63. The van der Waals surface area contributed by atoms with Gasteiger partial charge in [0.1, 0.15) is 11.5 Å². The van der Waals surface area contributed by atoms with Gasteiger partial charge in [-0.25, -0.2) is 0 Å². The molecule has 1 N–H and O–H groups in total. The summed E-state index contributed by atoms with van der Waals surface area (Å²) in [6.45, 7) is 2.82. The number of aromatic amines is 1. The molecule has 6 rings (SSSR count). The molecule has 0 saturated carbocycles. The van der Waals surface area contributed by atoms with Crippen LogP contribution in [0.15, 0.2) is 132 Å². The smallest absolute Gasteiger partial charge is 0.140 e. The van der Waals surface area contributed by atoms with Crippen molar-refractivity contribution < 1.29 is 4.74 Å². The number of H-pyrrole nitrogens is 1. The molecular formula is C35H30N2O. The van der Waals surface area contributed by atoms with E-state index >= 15 is 0 Å². The fourth-order valence-electron chi connectivity index (χ4n) is 5.03. The fourth-order valence-corrected chi connectivity index (χ4v) is 5.03. The van der Waals surface area contributed by atoms with Crippen molar-refractivity contribution >= 4 is 28.6 Å². The highest BCUT2D eigenvalue weighted by Gasteiger charge is 2.27. The van der Waals surface area contributed by atoms with Gasteiger partial charge in [0.15, 0.2) is 0 Å². The third-order valence-electron chi connectivity index (χ3n) is 7.07. The maximum Gasteiger partial charge on any atom is 0.140 e. The lowest BCUT2D eigenvalue weighted by molar-refractivity contribution is 0.456. The van der Waals surface area contributed by atoms with E-state index < -0.39 is 0 Å². The molecule has 186 valence electrons. The molecule has 5 aromatic rings. The summed E-state index contributed by atoms with van der Waals surface area (Å²) in [6.07, 6.45) is 7.23. The van der Waals surface area contributed by atoms with Crippen LogP contribution in [-0.2, 0) is 11.2 Å². The fraction of sp³-hybridized carbons (Fsp3) is 0.114. The lowest BCUT2D eigenvalue weighted by atomic mass is 9.86. The Bertz CT molecular complexity index is 1620. The summed E-state index contributed by atoms with van der Waals surface area (Å²) in [7, 11) is 0. The van der Waals surface area contributed by atoms with E-state index in [-0.39, 0.29) is 5.92 Å². The number of rotatable bonds is 7. The maximum absolute atomic E-state index is 6.65. The van der Waals surface area contributed by atoms with Gasteiger partial charge in [0.05, 0.1) is 0 Å². The van der Waals surface area contributed by atoms with Crippen LogP contribution in [0.3, 0.4) is 0 Å².